The Morgan fingerprint density at radius 1 is 0.914 bits per heavy atom. The van der Waals surface area contributed by atoms with Gasteiger partial charge in [0.1, 0.15) is 0 Å². The fraction of sp³-hybridized carbons (Fsp3) is 0.565. The summed E-state index contributed by atoms with van der Waals surface area (Å²) in [5.41, 5.74) is 1.77. The number of nitrogens with zero attached hydrogens (tertiary/aromatic N) is 2. The summed E-state index contributed by atoms with van der Waals surface area (Å²) in [4.78, 5) is 37.5. The van der Waals surface area contributed by atoms with Gasteiger partial charge in [0, 0.05) is 43.8 Å². The van der Waals surface area contributed by atoms with E-state index >= 15 is 0 Å². The molecule has 11 nitrogen and oxygen atoms in total. The van der Waals surface area contributed by atoms with Gasteiger partial charge < -0.3 is 31.1 Å². The molecule has 0 unspecified atom stereocenters. The van der Waals surface area contributed by atoms with Crippen LogP contribution in [-0.4, -0.2) is 112 Å². The third-order valence-electron chi connectivity index (χ3n) is 5.11. The average molecular weight is 513 g/mol. The number of carboxylic acids is 3. The van der Waals surface area contributed by atoms with Gasteiger partial charge in [0.05, 0.1) is 31.2 Å². The van der Waals surface area contributed by atoms with E-state index in [-0.39, 0.29) is 64.4 Å². The Labute approximate surface area is 210 Å². The molecule has 0 spiro atoms. The summed E-state index contributed by atoms with van der Waals surface area (Å²) in [5, 5.41) is 42.8. The summed E-state index contributed by atoms with van der Waals surface area (Å²) in [5.74, 6) is -2.92. The van der Waals surface area contributed by atoms with Gasteiger partial charge in [-0.15, -0.1) is 0 Å². The second-order valence-corrected chi connectivity index (χ2v) is 8.98. The fourth-order valence-electron chi connectivity index (χ4n) is 3.35. The predicted molar refractivity (Wildman–Crippen MR) is 136 cm³/mol. The second kappa shape index (κ2) is 16.1. The standard InChI is InChI=1S/C23H36N4O7S/c1-16(2)23(35)25-18-5-3-17(4-6-18)11-19(24-12-20(29)30)13-27(15-22(33)34)8-7-26(9-10-28)14-21(31)32/h3-6,16,19,24,28H,7-15H2,1-2H3,(H,25,35)(H,29,30)(H,31,32)(H,33,34)/t19-/m0/s1. The molecule has 1 rings (SSSR count). The van der Waals surface area contributed by atoms with Crippen molar-refractivity contribution in [2.45, 2.75) is 26.3 Å². The van der Waals surface area contributed by atoms with Gasteiger partial charge >= 0.3 is 17.9 Å². The van der Waals surface area contributed by atoms with E-state index in [1.165, 1.54) is 4.90 Å². The molecule has 0 radical (unpaired) electrons. The molecule has 0 aliphatic rings. The lowest BCUT2D eigenvalue weighted by Gasteiger charge is -2.29. The van der Waals surface area contributed by atoms with E-state index in [0.717, 1.165) is 16.2 Å². The quantitative estimate of drug-likeness (QED) is 0.151. The molecule has 0 aromatic heterocycles. The number of thiocarbonyl (C=S) groups is 1. The van der Waals surface area contributed by atoms with Crippen molar-refractivity contribution in [3.8, 4) is 0 Å². The SMILES string of the molecule is CC(C)C(=S)Nc1ccc(C[C@@H](CN(CCN(CCO)CC(=O)O)CC(=O)O)NCC(=O)O)cc1. The highest BCUT2D eigenvalue weighted by molar-refractivity contribution is 7.80. The highest BCUT2D eigenvalue weighted by Crippen LogP contribution is 2.14. The lowest BCUT2D eigenvalue weighted by atomic mass is 10.0. The number of rotatable bonds is 18. The summed E-state index contributed by atoms with van der Waals surface area (Å²) in [6.07, 6.45) is 0.452. The molecule has 0 aliphatic carbocycles. The Hall–Kier alpha value is -2.64. The Morgan fingerprint density at radius 2 is 1.49 bits per heavy atom. The first-order valence-electron chi connectivity index (χ1n) is 11.3. The van der Waals surface area contributed by atoms with Crippen LogP contribution < -0.4 is 10.6 Å². The molecular weight excluding hydrogens is 476 g/mol. The van der Waals surface area contributed by atoms with Crippen LogP contribution >= 0.6 is 12.2 Å². The van der Waals surface area contributed by atoms with Crippen LogP contribution in [0, 0.1) is 5.92 Å². The van der Waals surface area contributed by atoms with E-state index in [4.69, 9.17) is 27.5 Å². The number of benzene rings is 1. The van der Waals surface area contributed by atoms with Crippen molar-refractivity contribution >= 4 is 40.8 Å². The molecule has 196 valence electrons. The Morgan fingerprint density at radius 3 is 2.00 bits per heavy atom. The van der Waals surface area contributed by atoms with E-state index in [0.29, 0.717) is 6.42 Å². The molecule has 1 aromatic carbocycles. The number of carboxylic acid groups (broad SMARTS) is 3. The van der Waals surface area contributed by atoms with Crippen LogP contribution in [0.15, 0.2) is 24.3 Å². The maximum atomic E-state index is 11.4. The molecule has 1 atom stereocenters. The Kier molecular flexibility index (Phi) is 14.0. The van der Waals surface area contributed by atoms with E-state index in [9.17, 15) is 19.5 Å². The largest absolute Gasteiger partial charge is 0.480 e. The molecule has 0 bridgehead atoms. The Balaban J connectivity index is 2.90. The third-order valence-corrected chi connectivity index (χ3v) is 5.69. The molecule has 0 aliphatic heterocycles. The summed E-state index contributed by atoms with van der Waals surface area (Å²) in [6, 6.07) is 7.19. The summed E-state index contributed by atoms with van der Waals surface area (Å²) in [6.45, 7) is 3.77. The number of aliphatic carboxylic acids is 3. The maximum absolute atomic E-state index is 11.4. The van der Waals surface area contributed by atoms with Crippen LogP contribution in [0.3, 0.4) is 0 Å². The Bertz CT molecular complexity index is 836. The van der Waals surface area contributed by atoms with Crippen molar-refractivity contribution in [2.75, 3.05) is 57.7 Å². The van der Waals surface area contributed by atoms with Crippen molar-refractivity contribution in [3.63, 3.8) is 0 Å². The molecule has 1 aromatic rings. The first kappa shape index (κ1) is 30.4. The maximum Gasteiger partial charge on any atom is 0.317 e. The number of nitrogens with one attached hydrogen (secondary N) is 2. The molecule has 35 heavy (non-hydrogen) atoms. The zero-order chi connectivity index (χ0) is 26.4. The molecule has 12 heteroatoms. The van der Waals surface area contributed by atoms with E-state index in [1.54, 1.807) is 4.90 Å². The van der Waals surface area contributed by atoms with Gasteiger partial charge in [-0.2, -0.15) is 0 Å². The van der Waals surface area contributed by atoms with Crippen molar-refractivity contribution in [3.05, 3.63) is 29.8 Å². The molecule has 0 saturated heterocycles. The van der Waals surface area contributed by atoms with Crippen LogP contribution in [0.5, 0.6) is 0 Å². The van der Waals surface area contributed by atoms with Crippen molar-refractivity contribution in [1.29, 1.82) is 0 Å². The minimum Gasteiger partial charge on any atom is -0.480 e. The number of anilines is 1. The predicted octanol–water partition coefficient (Wildman–Crippen LogP) is 0.433. The minimum atomic E-state index is -1.05. The number of hydrogen-bond donors (Lipinski definition) is 6. The van der Waals surface area contributed by atoms with Crippen molar-refractivity contribution < 1.29 is 34.8 Å². The molecule has 6 N–H and O–H groups in total. The van der Waals surface area contributed by atoms with Gasteiger partial charge in [0.25, 0.3) is 0 Å². The first-order valence-corrected chi connectivity index (χ1v) is 11.7. The van der Waals surface area contributed by atoms with Gasteiger partial charge in [-0.05, 0) is 24.1 Å². The van der Waals surface area contributed by atoms with Gasteiger partial charge in [-0.1, -0.05) is 38.2 Å². The topological polar surface area (TPSA) is 163 Å². The lowest BCUT2D eigenvalue weighted by Crippen LogP contribution is -2.48. The van der Waals surface area contributed by atoms with Crippen LogP contribution in [-0.2, 0) is 20.8 Å². The highest BCUT2D eigenvalue weighted by atomic mass is 32.1. The summed E-state index contributed by atoms with van der Waals surface area (Å²) < 4.78 is 0. The molecule has 0 amide bonds. The monoisotopic (exact) mass is 512 g/mol. The minimum absolute atomic E-state index is 0.147. The van der Waals surface area contributed by atoms with Crippen LogP contribution in [0.2, 0.25) is 0 Å². The third kappa shape index (κ3) is 13.7. The number of aliphatic hydroxyl groups excluding tert-OH is 1. The molecule has 0 fully saturated rings. The molecular formula is C23H36N4O7S. The van der Waals surface area contributed by atoms with Crippen LogP contribution in [0.1, 0.15) is 19.4 Å². The lowest BCUT2D eigenvalue weighted by molar-refractivity contribution is -0.140. The average Bonchev–Trinajstić information content (AvgIpc) is 2.76. The molecule has 0 saturated carbocycles. The number of aliphatic hydroxyl groups is 1. The van der Waals surface area contributed by atoms with Gasteiger partial charge in [-0.25, -0.2) is 0 Å². The van der Waals surface area contributed by atoms with Crippen molar-refractivity contribution in [1.82, 2.24) is 15.1 Å². The van der Waals surface area contributed by atoms with Crippen molar-refractivity contribution in [2.24, 2.45) is 5.92 Å². The van der Waals surface area contributed by atoms with Crippen LogP contribution in [0.4, 0.5) is 5.69 Å². The first-order chi connectivity index (χ1) is 16.5. The normalized spacial score (nSPS) is 12.2. The molecule has 0 heterocycles. The summed E-state index contributed by atoms with van der Waals surface area (Å²) in [7, 11) is 0. The second-order valence-electron chi connectivity index (χ2n) is 8.54. The zero-order valence-corrected chi connectivity index (χ0v) is 21.0. The highest BCUT2D eigenvalue weighted by Gasteiger charge is 2.19. The zero-order valence-electron chi connectivity index (χ0n) is 20.1. The summed E-state index contributed by atoms with van der Waals surface area (Å²) >= 11 is 5.31. The van der Waals surface area contributed by atoms with Gasteiger partial charge in [-0.3, -0.25) is 24.2 Å². The number of carbonyl (C=O) groups is 3. The van der Waals surface area contributed by atoms with E-state index in [2.05, 4.69) is 10.6 Å². The van der Waals surface area contributed by atoms with Gasteiger partial charge in [0.2, 0.25) is 0 Å². The van der Waals surface area contributed by atoms with E-state index in [1.807, 2.05) is 38.1 Å². The number of hydrogen-bond acceptors (Lipinski definition) is 8. The van der Waals surface area contributed by atoms with Crippen LogP contribution in [0.25, 0.3) is 0 Å². The van der Waals surface area contributed by atoms with Gasteiger partial charge in [0.15, 0.2) is 0 Å². The van der Waals surface area contributed by atoms with E-state index < -0.39 is 17.9 Å². The smallest absolute Gasteiger partial charge is 0.317 e. The fourth-order valence-corrected chi connectivity index (χ4v) is 3.47.